The van der Waals surface area contributed by atoms with Crippen LogP contribution in [0.25, 0.3) is 4.96 Å². The zero-order valence-corrected chi connectivity index (χ0v) is 12.8. The van der Waals surface area contributed by atoms with Crippen LogP contribution in [-0.4, -0.2) is 21.4 Å². The Morgan fingerprint density at radius 3 is 2.91 bits per heavy atom. The smallest absolute Gasteiger partial charge is 0.273 e. The van der Waals surface area contributed by atoms with E-state index in [0.29, 0.717) is 16.4 Å². The molecule has 3 aromatic rings. The maximum Gasteiger partial charge on any atom is 0.273 e. The van der Waals surface area contributed by atoms with Crippen LogP contribution in [-0.2, 0) is 6.61 Å². The summed E-state index contributed by atoms with van der Waals surface area (Å²) in [6, 6.07) is 5.42. The Balaban J connectivity index is 1.88. The zero-order chi connectivity index (χ0) is 16.4. The molecule has 0 saturated carbocycles. The maximum absolute atomic E-state index is 11.9. The first kappa shape index (κ1) is 15.0. The first-order valence-electron chi connectivity index (χ1n) is 6.49. The van der Waals surface area contributed by atoms with E-state index in [0.717, 1.165) is 0 Å². The number of hydrogen-bond acceptors (Lipinski definition) is 7. The van der Waals surface area contributed by atoms with Crippen LogP contribution in [0.4, 0.5) is 5.69 Å². The van der Waals surface area contributed by atoms with Gasteiger partial charge in [0.1, 0.15) is 6.61 Å². The Kier molecular flexibility index (Phi) is 3.94. The van der Waals surface area contributed by atoms with Gasteiger partial charge in [0, 0.05) is 23.7 Å². The number of hydrogen-bond donors (Lipinski definition) is 0. The molecule has 0 N–H and O–H groups in total. The predicted octanol–water partition coefficient (Wildman–Crippen LogP) is 2.25. The van der Waals surface area contributed by atoms with E-state index in [4.69, 9.17) is 9.47 Å². The van der Waals surface area contributed by atoms with Crippen molar-refractivity contribution in [1.29, 1.82) is 0 Å². The Labute approximate surface area is 133 Å². The van der Waals surface area contributed by atoms with E-state index in [2.05, 4.69) is 4.98 Å². The van der Waals surface area contributed by atoms with Crippen molar-refractivity contribution in [2.75, 3.05) is 7.11 Å². The summed E-state index contributed by atoms with van der Waals surface area (Å²) in [5.41, 5.74) is 0.120. The van der Waals surface area contributed by atoms with Gasteiger partial charge in [-0.05, 0) is 6.07 Å². The number of methoxy groups -OCH3 is 1. The van der Waals surface area contributed by atoms with E-state index in [1.807, 2.05) is 0 Å². The van der Waals surface area contributed by atoms with E-state index in [1.165, 1.54) is 47.1 Å². The van der Waals surface area contributed by atoms with E-state index in [9.17, 15) is 14.9 Å². The van der Waals surface area contributed by atoms with E-state index in [-0.39, 0.29) is 23.6 Å². The number of ether oxygens (including phenoxy) is 2. The lowest BCUT2D eigenvalue weighted by atomic mass is 10.3. The van der Waals surface area contributed by atoms with Crippen molar-refractivity contribution in [2.24, 2.45) is 0 Å². The average Bonchev–Trinajstić information content (AvgIpc) is 3.01. The summed E-state index contributed by atoms with van der Waals surface area (Å²) in [6.45, 7) is 0.00116. The lowest BCUT2D eigenvalue weighted by molar-refractivity contribution is -0.385. The molecule has 0 radical (unpaired) electrons. The minimum absolute atomic E-state index is 0.00116. The summed E-state index contributed by atoms with van der Waals surface area (Å²) >= 11 is 1.33. The number of fused-ring (bicyclic) bond motifs is 1. The molecule has 3 rings (SSSR count). The van der Waals surface area contributed by atoms with Crippen LogP contribution in [0.1, 0.15) is 5.69 Å². The molecule has 9 heteroatoms. The van der Waals surface area contributed by atoms with Gasteiger partial charge >= 0.3 is 0 Å². The molecule has 1 aromatic carbocycles. The molecule has 8 nitrogen and oxygen atoms in total. The third kappa shape index (κ3) is 2.99. The van der Waals surface area contributed by atoms with Gasteiger partial charge in [-0.3, -0.25) is 19.3 Å². The largest absolute Gasteiger partial charge is 0.493 e. The van der Waals surface area contributed by atoms with E-state index < -0.39 is 4.92 Å². The third-order valence-corrected chi connectivity index (χ3v) is 3.85. The summed E-state index contributed by atoms with van der Waals surface area (Å²) in [7, 11) is 1.44. The highest BCUT2D eigenvalue weighted by molar-refractivity contribution is 7.15. The summed E-state index contributed by atoms with van der Waals surface area (Å²) in [5.74, 6) is 0.583. The maximum atomic E-state index is 11.9. The van der Waals surface area contributed by atoms with Gasteiger partial charge in [0.2, 0.25) is 0 Å². The number of thiazole rings is 1. The Hall–Kier alpha value is -2.94. The fourth-order valence-electron chi connectivity index (χ4n) is 2.01. The van der Waals surface area contributed by atoms with Gasteiger partial charge in [-0.2, -0.15) is 0 Å². The van der Waals surface area contributed by atoms with Gasteiger partial charge in [0.25, 0.3) is 11.2 Å². The zero-order valence-electron chi connectivity index (χ0n) is 12.0. The fourth-order valence-corrected chi connectivity index (χ4v) is 2.74. The van der Waals surface area contributed by atoms with Crippen LogP contribution in [0.3, 0.4) is 0 Å². The lowest BCUT2D eigenvalue weighted by Gasteiger charge is -2.10. The van der Waals surface area contributed by atoms with Crippen molar-refractivity contribution in [2.45, 2.75) is 6.61 Å². The molecular weight excluding hydrogens is 322 g/mol. The van der Waals surface area contributed by atoms with Crippen LogP contribution >= 0.6 is 11.3 Å². The molecule has 0 aliphatic rings. The fraction of sp³-hybridized carbons (Fsp3) is 0.143. The van der Waals surface area contributed by atoms with Gasteiger partial charge in [0.05, 0.1) is 23.8 Å². The summed E-state index contributed by atoms with van der Waals surface area (Å²) in [4.78, 5) is 27.1. The molecule has 118 valence electrons. The van der Waals surface area contributed by atoms with Crippen molar-refractivity contribution in [1.82, 2.24) is 9.38 Å². The first-order chi connectivity index (χ1) is 11.1. The third-order valence-electron chi connectivity index (χ3n) is 3.09. The monoisotopic (exact) mass is 333 g/mol. The normalized spacial score (nSPS) is 10.7. The van der Waals surface area contributed by atoms with Crippen molar-refractivity contribution >= 4 is 22.0 Å². The van der Waals surface area contributed by atoms with Gasteiger partial charge in [-0.25, -0.2) is 4.98 Å². The predicted molar refractivity (Wildman–Crippen MR) is 83.3 cm³/mol. The van der Waals surface area contributed by atoms with E-state index in [1.54, 1.807) is 11.6 Å². The van der Waals surface area contributed by atoms with Crippen molar-refractivity contribution in [3.05, 3.63) is 62.0 Å². The number of aromatic nitrogens is 2. The second-order valence-corrected chi connectivity index (χ2v) is 5.40. The molecule has 0 amide bonds. The van der Waals surface area contributed by atoms with Gasteiger partial charge in [0.15, 0.2) is 16.5 Å². The Morgan fingerprint density at radius 2 is 2.17 bits per heavy atom. The number of benzene rings is 1. The summed E-state index contributed by atoms with van der Waals surface area (Å²) < 4.78 is 12.1. The van der Waals surface area contributed by atoms with Crippen molar-refractivity contribution in [3.8, 4) is 11.5 Å². The number of rotatable bonds is 5. The van der Waals surface area contributed by atoms with Crippen LogP contribution in [0, 0.1) is 10.1 Å². The molecule has 0 spiro atoms. The van der Waals surface area contributed by atoms with Crippen LogP contribution < -0.4 is 15.0 Å². The molecule has 2 aromatic heterocycles. The molecule has 2 heterocycles. The lowest BCUT2D eigenvalue weighted by Crippen LogP contribution is -2.14. The summed E-state index contributed by atoms with van der Waals surface area (Å²) in [6.07, 6.45) is 1.64. The minimum Gasteiger partial charge on any atom is -0.493 e. The minimum atomic E-state index is -0.519. The highest BCUT2D eigenvalue weighted by Gasteiger charge is 2.13. The van der Waals surface area contributed by atoms with Crippen molar-refractivity contribution in [3.63, 3.8) is 0 Å². The second kappa shape index (κ2) is 6.05. The second-order valence-electron chi connectivity index (χ2n) is 4.52. The highest BCUT2D eigenvalue weighted by Crippen LogP contribution is 2.31. The average molecular weight is 333 g/mol. The molecule has 0 saturated heterocycles. The Bertz CT molecular complexity index is 934. The van der Waals surface area contributed by atoms with Gasteiger partial charge in [-0.15, -0.1) is 11.3 Å². The standard InChI is InChI=1S/C14H11N3O5S/c1-21-11-3-2-10(17(19)20)7-12(11)22-8-9-6-13(18)16-4-5-23-14(16)15-9/h2-7H,8H2,1H3. The highest BCUT2D eigenvalue weighted by atomic mass is 32.1. The van der Waals surface area contributed by atoms with Crippen LogP contribution in [0.15, 0.2) is 40.6 Å². The molecule has 0 unspecified atom stereocenters. The first-order valence-corrected chi connectivity index (χ1v) is 7.37. The van der Waals surface area contributed by atoms with Crippen LogP contribution in [0.2, 0.25) is 0 Å². The van der Waals surface area contributed by atoms with Gasteiger partial charge in [-0.1, -0.05) is 0 Å². The number of nitro groups is 1. The topological polar surface area (TPSA) is 96.0 Å². The molecule has 0 aliphatic carbocycles. The van der Waals surface area contributed by atoms with E-state index >= 15 is 0 Å². The molecule has 0 bridgehead atoms. The molecule has 23 heavy (non-hydrogen) atoms. The molecule has 0 fully saturated rings. The quantitative estimate of drug-likeness (QED) is 0.525. The summed E-state index contributed by atoms with van der Waals surface area (Å²) in [5, 5.41) is 12.6. The SMILES string of the molecule is COc1ccc([N+](=O)[O-])cc1OCc1cc(=O)n2ccsc2n1. The van der Waals surface area contributed by atoms with Crippen LogP contribution in [0.5, 0.6) is 11.5 Å². The van der Waals surface area contributed by atoms with Crippen molar-refractivity contribution < 1.29 is 14.4 Å². The molecular formula is C14H11N3O5S. The molecule has 0 aliphatic heterocycles. The number of nitro benzene ring substituents is 1. The number of nitrogens with zero attached hydrogens (tertiary/aromatic N) is 3. The number of non-ortho nitro benzene ring substituents is 1. The molecule has 0 atom stereocenters. The van der Waals surface area contributed by atoms with Gasteiger partial charge < -0.3 is 9.47 Å². The Morgan fingerprint density at radius 1 is 1.35 bits per heavy atom.